The molecule has 1 atom stereocenters. The predicted molar refractivity (Wildman–Crippen MR) is 80.9 cm³/mol. The third-order valence-corrected chi connectivity index (χ3v) is 4.13. The average Bonchev–Trinajstić information content (AvgIpc) is 2.99. The van der Waals surface area contributed by atoms with Crippen molar-refractivity contribution < 1.29 is 17.9 Å². The maximum absolute atomic E-state index is 13.0. The van der Waals surface area contributed by atoms with Gasteiger partial charge in [0, 0.05) is 18.4 Å². The van der Waals surface area contributed by atoms with Gasteiger partial charge in [0.2, 0.25) is 0 Å². The van der Waals surface area contributed by atoms with Crippen LogP contribution in [0, 0.1) is 0 Å². The van der Waals surface area contributed by atoms with E-state index in [-0.39, 0.29) is 11.3 Å². The second-order valence-electron chi connectivity index (χ2n) is 5.45. The molecule has 0 amide bonds. The number of alkyl halides is 3. The van der Waals surface area contributed by atoms with Crippen LogP contribution in [0.3, 0.4) is 0 Å². The first-order valence-corrected chi connectivity index (χ1v) is 7.56. The van der Waals surface area contributed by atoms with E-state index < -0.39 is 17.4 Å². The Morgan fingerprint density at radius 1 is 1.26 bits per heavy atom. The van der Waals surface area contributed by atoms with Gasteiger partial charge in [0.15, 0.2) is 0 Å². The highest BCUT2D eigenvalue weighted by molar-refractivity contribution is 6.33. The van der Waals surface area contributed by atoms with E-state index in [1.165, 1.54) is 12.3 Å². The lowest BCUT2D eigenvalue weighted by Crippen LogP contribution is -2.18. The second kappa shape index (κ2) is 6.05. The number of halogens is 4. The van der Waals surface area contributed by atoms with Crippen LogP contribution in [-0.2, 0) is 10.9 Å². The van der Waals surface area contributed by atoms with Gasteiger partial charge in [-0.15, -0.1) is 0 Å². The fourth-order valence-corrected chi connectivity index (χ4v) is 2.82. The van der Waals surface area contributed by atoms with Crippen molar-refractivity contribution >= 4 is 17.3 Å². The first kappa shape index (κ1) is 16.1. The van der Waals surface area contributed by atoms with E-state index >= 15 is 0 Å². The number of hydrogen-bond acceptors (Lipinski definition) is 3. The Bertz CT molecular complexity index is 708. The van der Waals surface area contributed by atoms with Crippen LogP contribution < -0.4 is 5.73 Å². The van der Waals surface area contributed by atoms with Gasteiger partial charge in [0.05, 0.1) is 22.5 Å². The molecule has 1 aromatic carbocycles. The molecule has 2 N–H and O–H groups in total. The van der Waals surface area contributed by atoms with Gasteiger partial charge in [-0.05, 0) is 37.0 Å². The summed E-state index contributed by atoms with van der Waals surface area (Å²) in [6.07, 6.45) is 1.30. The number of hydrogen-bond donors (Lipinski definition) is 1. The predicted octanol–water partition coefficient (Wildman–Crippen LogP) is 4.50. The van der Waals surface area contributed by atoms with Crippen LogP contribution in [0.1, 0.15) is 31.1 Å². The molecule has 0 bridgehead atoms. The standard InChI is InChI=1S/C15H15ClF3N3O/c16-12-6-9(5-11(14(12)20)15(17,18)19)10-7-21-22(8-10)13-3-1-2-4-23-13/h5-8,13H,1-4,20H2. The van der Waals surface area contributed by atoms with Crippen molar-refractivity contribution in [1.29, 1.82) is 0 Å². The van der Waals surface area contributed by atoms with E-state index in [2.05, 4.69) is 5.10 Å². The van der Waals surface area contributed by atoms with Crippen molar-refractivity contribution in [2.24, 2.45) is 0 Å². The lowest BCUT2D eigenvalue weighted by atomic mass is 10.0. The molecule has 1 unspecified atom stereocenters. The maximum Gasteiger partial charge on any atom is 0.418 e. The Morgan fingerprint density at radius 2 is 2.04 bits per heavy atom. The van der Waals surface area contributed by atoms with E-state index in [0.717, 1.165) is 25.3 Å². The minimum Gasteiger partial charge on any atom is -0.397 e. The molecule has 1 aliphatic rings. The zero-order chi connectivity index (χ0) is 16.6. The number of aromatic nitrogens is 2. The fraction of sp³-hybridized carbons (Fsp3) is 0.400. The van der Waals surface area contributed by atoms with Crippen LogP contribution in [0.5, 0.6) is 0 Å². The Kier molecular flexibility index (Phi) is 4.25. The number of nitrogen functional groups attached to an aromatic ring is 1. The van der Waals surface area contributed by atoms with Gasteiger partial charge in [0.25, 0.3) is 0 Å². The monoisotopic (exact) mass is 345 g/mol. The molecule has 0 aliphatic carbocycles. The van der Waals surface area contributed by atoms with Crippen molar-refractivity contribution in [2.45, 2.75) is 31.7 Å². The molecule has 1 aromatic heterocycles. The Morgan fingerprint density at radius 3 is 2.70 bits per heavy atom. The fourth-order valence-electron chi connectivity index (χ4n) is 2.60. The van der Waals surface area contributed by atoms with Crippen molar-refractivity contribution in [3.8, 4) is 11.1 Å². The summed E-state index contributed by atoms with van der Waals surface area (Å²) < 4.78 is 46.4. The zero-order valence-corrected chi connectivity index (χ0v) is 12.9. The molecule has 2 heterocycles. The molecule has 2 aromatic rings. The normalized spacial score (nSPS) is 19.0. The van der Waals surface area contributed by atoms with Crippen LogP contribution in [-0.4, -0.2) is 16.4 Å². The van der Waals surface area contributed by atoms with E-state index in [4.69, 9.17) is 22.1 Å². The summed E-state index contributed by atoms with van der Waals surface area (Å²) in [4.78, 5) is 0. The summed E-state index contributed by atoms with van der Waals surface area (Å²) >= 11 is 5.85. The van der Waals surface area contributed by atoms with Gasteiger partial charge in [0.1, 0.15) is 6.23 Å². The highest BCUT2D eigenvalue weighted by Gasteiger charge is 2.34. The summed E-state index contributed by atoms with van der Waals surface area (Å²) in [6, 6.07) is 2.40. The van der Waals surface area contributed by atoms with Gasteiger partial charge in [-0.3, -0.25) is 0 Å². The van der Waals surface area contributed by atoms with Gasteiger partial charge < -0.3 is 10.5 Å². The molecule has 1 fully saturated rings. The highest BCUT2D eigenvalue weighted by atomic mass is 35.5. The molecule has 0 saturated carbocycles. The van der Waals surface area contributed by atoms with Crippen LogP contribution in [0.4, 0.5) is 18.9 Å². The summed E-state index contributed by atoms with van der Waals surface area (Å²) in [5, 5.41) is 4.07. The average molecular weight is 346 g/mol. The van der Waals surface area contributed by atoms with Crippen molar-refractivity contribution in [2.75, 3.05) is 12.3 Å². The number of rotatable bonds is 2. The summed E-state index contributed by atoms with van der Waals surface area (Å²) in [6.45, 7) is 0.659. The van der Waals surface area contributed by atoms with Gasteiger partial charge in [-0.2, -0.15) is 18.3 Å². The van der Waals surface area contributed by atoms with E-state index in [0.29, 0.717) is 17.7 Å². The Hall–Kier alpha value is -1.73. The van der Waals surface area contributed by atoms with Crippen molar-refractivity contribution in [3.05, 3.63) is 35.1 Å². The molecular formula is C15H15ClF3N3O. The number of ether oxygens (including phenoxy) is 1. The van der Waals surface area contributed by atoms with E-state index in [1.807, 2.05) is 0 Å². The van der Waals surface area contributed by atoms with Gasteiger partial charge in [-0.1, -0.05) is 11.6 Å². The Balaban J connectivity index is 1.96. The van der Waals surface area contributed by atoms with E-state index in [9.17, 15) is 13.2 Å². The number of nitrogens with two attached hydrogens (primary N) is 1. The van der Waals surface area contributed by atoms with Crippen molar-refractivity contribution in [3.63, 3.8) is 0 Å². The minimum absolute atomic E-state index is 0.128. The maximum atomic E-state index is 13.0. The molecule has 23 heavy (non-hydrogen) atoms. The largest absolute Gasteiger partial charge is 0.418 e. The summed E-state index contributed by atoms with van der Waals surface area (Å²) in [5.74, 6) is 0. The molecule has 8 heteroatoms. The SMILES string of the molecule is Nc1c(Cl)cc(-c2cnn(C3CCCCO3)c2)cc1C(F)(F)F. The van der Waals surface area contributed by atoms with Crippen LogP contribution >= 0.6 is 11.6 Å². The third kappa shape index (κ3) is 3.30. The number of nitrogens with zero attached hydrogens (tertiary/aromatic N) is 2. The molecule has 4 nitrogen and oxygen atoms in total. The van der Waals surface area contributed by atoms with Crippen LogP contribution in [0.2, 0.25) is 5.02 Å². The number of benzene rings is 1. The molecule has 124 valence electrons. The quantitative estimate of drug-likeness (QED) is 0.815. The molecule has 1 aliphatic heterocycles. The Labute approximate surface area is 136 Å². The lowest BCUT2D eigenvalue weighted by Gasteiger charge is -2.22. The lowest BCUT2D eigenvalue weighted by molar-refractivity contribution is -0.136. The van der Waals surface area contributed by atoms with Gasteiger partial charge in [-0.25, -0.2) is 4.68 Å². The molecule has 0 spiro atoms. The summed E-state index contributed by atoms with van der Waals surface area (Å²) in [5.41, 5.74) is 4.89. The first-order valence-electron chi connectivity index (χ1n) is 7.18. The minimum atomic E-state index is -4.56. The third-order valence-electron chi connectivity index (χ3n) is 3.82. The van der Waals surface area contributed by atoms with Crippen LogP contribution in [0.25, 0.3) is 11.1 Å². The van der Waals surface area contributed by atoms with E-state index in [1.54, 1.807) is 10.9 Å². The number of anilines is 1. The summed E-state index contributed by atoms with van der Waals surface area (Å²) in [7, 11) is 0. The molecule has 1 saturated heterocycles. The first-order chi connectivity index (χ1) is 10.9. The second-order valence-corrected chi connectivity index (χ2v) is 5.85. The van der Waals surface area contributed by atoms with Crippen molar-refractivity contribution in [1.82, 2.24) is 9.78 Å². The highest BCUT2D eigenvalue weighted by Crippen LogP contribution is 2.40. The topological polar surface area (TPSA) is 53.1 Å². The molecule has 3 rings (SSSR count). The van der Waals surface area contributed by atoms with Crippen LogP contribution in [0.15, 0.2) is 24.5 Å². The smallest absolute Gasteiger partial charge is 0.397 e. The molecular weight excluding hydrogens is 331 g/mol. The zero-order valence-electron chi connectivity index (χ0n) is 12.1. The molecule has 0 radical (unpaired) electrons. The van der Waals surface area contributed by atoms with Gasteiger partial charge >= 0.3 is 6.18 Å².